The topological polar surface area (TPSA) is 71.3 Å². The minimum atomic E-state index is -0.225. The molecule has 1 saturated heterocycles. The molecular formula is C17H24N4O2S. The molecule has 0 saturated carbocycles. The van der Waals surface area contributed by atoms with Gasteiger partial charge in [-0.1, -0.05) is 11.6 Å². The van der Waals surface area contributed by atoms with E-state index in [4.69, 9.17) is 4.52 Å². The average Bonchev–Trinajstić information content (AvgIpc) is 3.16. The van der Waals surface area contributed by atoms with E-state index in [1.165, 1.54) is 0 Å². The smallest absolute Gasteiger partial charge is 0.241 e. The first-order chi connectivity index (χ1) is 11.4. The van der Waals surface area contributed by atoms with Crippen molar-refractivity contribution in [3.8, 4) is 11.4 Å². The number of carbonyl (C=O) groups excluding carboxylic acids is 1. The largest absolute Gasteiger partial charge is 0.350 e. The summed E-state index contributed by atoms with van der Waals surface area (Å²) in [5.41, 5.74) is 0.743. The molecule has 1 fully saturated rings. The van der Waals surface area contributed by atoms with Gasteiger partial charge in [0.05, 0.1) is 12.6 Å². The van der Waals surface area contributed by atoms with Crippen LogP contribution in [0.5, 0.6) is 0 Å². The van der Waals surface area contributed by atoms with E-state index in [1.807, 2.05) is 37.6 Å². The Kier molecular flexibility index (Phi) is 5.01. The Morgan fingerprint density at radius 1 is 1.46 bits per heavy atom. The van der Waals surface area contributed by atoms with E-state index in [1.54, 1.807) is 11.3 Å². The SMILES string of the molecule is CC(C)(C)NC(=O)C1CCCCN1Cc1nc(-c2ccsc2)no1. The van der Waals surface area contributed by atoms with E-state index in [2.05, 4.69) is 20.4 Å². The van der Waals surface area contributed by atoms with Crippen molar-refractivity contribution < 1.29 is 9.32 Å². The van der Waals surface area contributed by atoms with E-state index in [0.29, 0.717) is 18.3 Å². The molecular weight excluding hydrogens is 324 g/mol. The number of hydrogen-bond acceptors (Lipinski definition) is 6. The number of rotatable bonds is 4. The Morgan fingerprint density at radius 3 is 3.00 bits per heavy atom. The molecule has 0 radical (unpaired) electrons. The normalized spacial score (nSPS) is 19.4. The van der Waals surface area contributed by atoms with Crippen LogP contribution < -0.4 is 5.32 Å². The third-order valence-electron chi connectivity index (χ3n) is 4.00. The lowest BCUT2D eigenvalue weighted by Gasteiger charge is -2.35. The zero-order chi connectivity index (χ0) is 17.2. The van der Waals surface area contributed by atoms with E-state index >= 15 is 0 Å². The van der Waals surface area contributed by atoms with E-state index in [0.717, 1.165) is 31.4 Å². The van der Waals surface area contributed by atoms with Gasteiger partial charge in [-0.15, -0.1) is 0 Å². The van der Waals surface area contributed by atoms with Gasteiger partial charge in [0.2, 0.25) is 17.6 Å². The van der Waals surface area contributed by atoms with Gasteiger partial charge < -0.3 is 9.84 Å². The number of nitrogens with one attached hydrogen (secondary N) is 1. The fourth-order valence-corrected chi connectivity index (χ4v) is 3.57. The van der Waals surface area contributed by atoms with Crippen LogP contribution in [0.4, 0.5) is 0 Å². The Balaban J connectivity index is 1.69. The monoisotopic (exact) mass is 348 g/mol. The lowest BCUT2D eigenvalue weighted by Crippen LogP contribution is -2.53. The summed E-state index contributed by atoms with van der Waals surface area (Å²) in [4.78, 5) is 19.2. The van der Waals surface area contributed by atoms with Gasteiger partial charge in [0.25, 0.3) is 0 Å². The Labute approximate surface area is 146 Å². The molecule has 0 bridgehead atoms. The maximum atomic E-state index is 12.6. The predicted octanol–water partition coefficient (Wildman–Crippen LogP) is 3.07. The second kappa shape index (κ2) is 7.03. The van der Waals surface area contributed by atoms with Crippen molar-refractivity contribution in [3.63, 3.8) is 0 Å². The Morgan fingerprint density at radius 2 is 2.29 bits per heavy atom. The van der Waals surface area contributed by atoms with Crippen molar-refractivity contribution in [2.45, 2.75) is 58.2 Å². The molecule has 7 heteroatoms. The van der Waals surface area contributed by atoms with Crippen LogP contribution in [0.15, 0.2) is 21.3 Å². The zero-order valence-corrected chi connectivity index (χ0v) is 15.2. The van der Waals surface area contributed by atoms with Gasteiger partial charge in [-0.3, -0.25) is 9.69 Å². The van der Waals surface area contributed by atoms with Crippen molar-refractivity contribution in [2.24, 2.45) is 0 Å². The van der Waals surface area contributed by atoms with Gasteiger partial charge in [-0.05, 0) is 51.6 Å². The highest BCUT2D eigenvalue weighted by Crippen LogP contribution is 2.22. The summed E-state index contributed by atoms with van der Waals surface area (Å²) in [6, 6.07) is 1.84. The van der Waals surface area contributed by atoms with Crippen LogP contribution in [0.2, 0.25) is 0 Å². The number of likely N-dealkylation sites (tertiary alicyclic amines) is 1. The molecule has 130 valence electrons. The van der Waals surface area contributed by atoms with Crippen molar-refractivity contribution in [1.29, 1.82) is 0 Å². The number of carbonyl (C=O) groups is 1. The molecule has 2 aromatic rings. The molecule has 3 rings (SSSR count). The third-order valence-corrected chi connectivity index (χ3v) is 4.68. The highest BCUT2D eigenvalue weighted by Gasteiger charge is 2.31. The summed E-state index contributed by atoms with van der Waals surface area (Å²) in [5.74, 6) is 1.25. The average molecular weight is 348 g/mol. The molecule has 3 heterocycles. The van der Waals surface area contributed by atoms with Crippen LogP contribution in [0, 0.1) is 0 Å². The number of nitrogens with zero attached hydrogens (tertiary/aromatic N) is 3. The summed E-state index contributed by atoms with van der Waals surface area (Å²) in [5, 5.41) is 11.1. The minimum Gasteiger partial charge on any atom is -0.350 e. The summed E-state index contributed by atoms with van der Waals surface area (Å²) in [6.45, 7) is 7.40. The second-order valence-electron chi connectivity index (χ2n) is 7.25. The second-order valence-corrected chi connectivity index (χ2v) is 8.03. The van der Waals surface area contributed by atoms with Crippen LogP contribution in [0.3, 0.4) is 0 Å². The molecule has 0 aliphatic carbocycles. The van der Waals surface area contributed by atoms with Crippen LogP contribution in [-0.4, -0.2) is 39.1 Å². The fraction of sp³-hybridized carbons (Fsp3) is 0.588. The predicted molar refractivity (Wildman–Crippen MR) is 93.6 cm³/mol. The van der Waals surface area contributed by atoms with Gasteiger partial charge in [0, 0.05) is 16.5 Å². The van der Waals surface area contributed by atoms with E-state index in [-0.39, 0.29) is 17.5 Å². The van der Waals surface area contributed by atoms with Crippen molar-refractivity contribution in [2.75, 3.05) is 6.54 Å². The van der Waals surface area contributed by atoms with Gasteiger partial charge in [-0.25, -0.2) is 0 Å². The Hall–Kier alpha value is -1.73. The number of hydrogen-bond donors (Lipinski definition) is 1. The number of aromatic nitrogens is 2. The Bertz CT molecular complexity index is 675. The summed E-state index contributed by atoms with van der Waals surface area (Å²) in [7, 11) is 0. The fourth-order valence-electron chi connectivity index (χ4n) is 2.93. The molecule has 1 aliphatic heterocycles. The van der Waals surface area contributed by atoms with E-state index < -0.39 is 0 Å². The van der Waals surface area contributed by atoms with Gasteiger partial charge in [0.1, 0.15) is 0 Å². The summed E-state index contributed by atoms with van der Waals surface area (Å²) < 4.78 is 5.39. The molecule has 1 unspecified atom stereocenters. The number of piperidine rings is 1. The molecule has 6 nitrogen and oxygen atoms in total. The van der Waals surface area contributed by atoms with Crippen LogP contribution in [0.1, 0.15) is 45.9 Å². The van der Waals surface area contributed by atoms with Crippen molar-refractivity contribution in [1.82, 2.24) is 20.4 Å². The molecule has 0 aromatic carbocycles. The van der Waals surface area contributed by atoms with Gasteiger partial charge in [0.15, 0.2) is 0 Å². The number of amides is 1. The standard InChI is InChI=1S/C17H24N4O2S/c1-17(2,3)19-16(22)13-6-4-5-8-21(13)10-14-18-15(20-23-14)12-7-9-24-11-12/h7,9,11,13H,4-6,8,10H2,1-3H3,(H,19,22). The minimum absolute atomic E-state index is 0.0831. The molecule has 1 amide bonds. The molecule has 0 spiro atoms. The highest BCUT2D eigenvalue weighted by atomic mass is 32.1. The first-order valence-corrected chi connectivity index (χ1v) is 9.28. The maximum absolute atomic E-state index is 12.6. The summed E-state index contributed by atoms with van der Waals surface area (Å²) in [6.07, 6.45) is 3.03. The third kappa shape index (κ3) is 4.21. The zero-order valence-electron chi connectivity index (χ0n) is 14.4. The lowest BCUT2D eigenvalue weighted by molar-refractivity contribution is -0.129. The van der Waals surface area contributed by atoms with Crippen LogP contribution >= 0.6 is 11.3 Å². The lowest BCUT2D eigenvalue weighted by atomic mass is 9.99. The van der Waals surface area contributed by atoms with Crippen molar-refractivity contribution >= 4 is 17.2 Å². The molecule has 1 aliphatic rings. The first kappa shape index (κ1) is 17.1. The maximum Gasteiger partial charge on any atom is 0.241 e. The molecule has 2 aromatic heterocycles. The first-order valence-electron chi connectivity index (χ1n) is 8.33. The molecule has 1 atom stereocenters. The van der Waals surface area contributed by atoms with Gasteiger partial charge >= 0.3 is 0 Å². The molecule has 24 heavy (non-hydrogen) atoms. The van der Waals surface area contributed by atoms with Crippen LogP contribution in [-0.2, 0) is 11.3 Å². The quantitative estimate of drug-likeness (QED) is 0.919. The number of thiophene rings is 1. The van der Waals surface area contributed by atoms with Gasteiger partial charge in [-0.2, -0.15) is 16.3 Å². The van der Waals surface area contributed by atoms with Crippen molar-refractivity contribution in [3.05, 3.63) is 22.7 Å². The highest BCUT2D eigenvalue weighted by molar-refractivity contribution is 7.08. The summed E-state index contributed by atoms with van der Waals surface area (Å²) >= 11 is 1.60. The van der Waals surface area contributed by atoms with E-state index in [9.17, 15) is 4.79 Å². The molecule has 1 N–H and O–H groups in total. The van der Waals surface area contributed by atoms with Crippen LogP contribution in [0.25, 0.3) is 11.4 Å².